The van der Waals surface area contributed by atoms with Crippen molar-refractivity contribution in [3.8, 4) is 11.5 Å². The van der Waals surface area contributed by atoms with Crippen LogP contribution in [0.3, 0.4) is 0 Å². The number of phenols is 1. The molecule has 0 saturated carbocycles. The molecule has 0 saturated heterocycles. The van der Waals surface area contributed by atoms with E-state index in [9.17, 15) is 20.4 Å². The second-order valence-corrected chi connectivity index (χ2v) is 19.6. The SMILES string of the molecule is CC(C)(Sc1cc(C(C)(C)C)c(O)c(C(C)(C)C)c1)Sc1cc(C(C)(C)C)c(OC[C@H](O)[C@@H](O)CO)c(C(C)(C)C)c1. The molecule has 2 aromatic carbocycles. The van der Waals surface area contributed by atoms with Crippen molar-refractivity contribution < 1.29 is 25.2 Å². The van der Waals surface area contributed by atoms with Crippen LogP contribution in [0.1, 0.15) is 119 Å². The summed E-state index contributed by atoms with van der Waals surface area (Å²) in [6.07, 6.45) is -2.45. The van der Waals surface area contributed by atoms with Crippen molar-refractivity contribution in [2.45, 2.75) is 145 Å². The fourth-order valence-corrected chi connectivity index (χ4v) is 7.32. The molecular weight excluding hydrogens is 565 g/mol. The van der Waals surface area contributed by atoms with Crippen molar-refractivity contribution in [3.05, 3.63) is 46.5 Å². The highest BCUT2D eigenvalue weighted by Crippen LogP contribution is 2.51. The molecule has 0 amide bonds. The second kappa shape index (κ2) is 12.9. The van der Waals surface area contributed by atoms with E-state index in [0.29, 0.717) is 5.75 Å². The minimum atomic E-state index is -1.26. The Balaban J connectivity index is 2.60. The normalized spacial score (nSPS) is 15.1. The smallest absolute Gasteiger partial charge is 0.126 e. The van der Waals surface area contributed by atoms with Crippen LogP contribution in [-0.2, 0) is 21.7 Å². The van der Waals surface area contributed by atoms with Gasteiger partial charge in [-0.3, -0.25) is 0 Å². The fourth-order valence-electron chi connectivity index (χ4n) is 4.73. The van der Waals surface area contributed by atoms with Crippen molar-refractivity contribution in [3.63, 3.8) is 0 Å². The van der Waals surface area contributed by atoms with Crippen LogP contribution in [-0.4, -0.2) is 49.9 Å². The van der Waals surface area contributed by atoms with Gasteiger partial charge >= 0.3 is 0 Å². The lowest BCUT2D eigenvalue weighted by Crippen LogP contribution is -2.35. The van der Waals surface area contributed by atoms with Crippen LogP contribution in [0, 0.1) is 0 Å². The largest absolute Gasteiger partial charge is 0.507 e. The van der Waals surface area contributed by atoms with Crippen molar-refractivity contribution >= 4 is 23.5 Å². The molecule has 42 heavy (non-hydrogen) atoms. The molecule has 0 heterocycles. The van der Waals surface area contributed by atoms with Crippen LogP contribution >= 0.6 is 23.5 Å². The molecule has 5 nitrogen and oxygen atoms in total. The van der Waals surface area contributed by atoms with Gasteiger partial charge in [-0.1, -0.05) is 83.1 Å². The summed E-state index contributed by atoms with van der Waals surface area (Å²) in [5, 5.41) is 40.7. The quantitative estimate of drug-likeness (QED) is 0.166. The van der Waals surface area contributed by atoms with Gasteiger partial charge in [0.2, 0.25) is 0 Å². The topological polar surface area (TPSA) is 90.2 Å². The first-order chi connectivity index (χ1) is 18.8. The molecule has 0 radical (unpaired) electrons. The van der Waals surface area contributed by atoms with E-state index < -0.39 is 18.8 Å². The predicted molar refractivity (Wildman–Crippen MR) is 180 cm³/mol. The van der Waals surface area contributed by atoms with Crippen LogP contribution in [0.5, 0.6) is 11.5 Å². The molecule has 2 atom stereocenters. The van der Waals surface area contributed by atoms with Crippen molar-refractivity contribution in [1.82, 2.24) is 0 Å². The maximum atomic E-state index is 11.2. The van der Waals surface area contributed by atoms with Gasteiger partial charge in [0.25, 0.3) is 0 Å². The average Bonchev–Trinajstić information content (AvgIpc) is 2.79. The van der Waals surface area contributed by atoms with E-state index in [1.807, 2.05) is 0 Å². The lowest BCUT2D eigenvalue weighted by molar-refractivity contribution is -0.0344. The summed E-state index contributed by atoms with van der Waals surface area (Å²) in [4.78, 5) is 2.25. The Hall–Kier alpha value is -1.38. The van der Waals surface area contributed by atoms with Crippen LogP contribution < -0.4 is 4.74 Å². The number of aromatic hydroxyl groups is 1. The van der Waals surface area contributed by atoms with Gasteiger partial charge in [0.05, 0.1) is 10.7 Å². The van der Waals surface area contributed by atoms with E-state index in [4.69, 9.17) is 4.74 Å². The summed E-state index contributed by atoms with van der Waals surface area (Å²) >= 11 is 3.59. The molecule has 2 aromatic rings. The lowest BCUT2D eigenvalue weighted by atomic mass is 9.79. The highest BCUT2D eigenvalue weighted by molar-refractivity contribution is 8.18. The van der Waals surface area contributed by atoms with Crippen LogP contribution in [0.4, 0.5) is 0 Å². The number of hydrogen-bond acceptors (Lipinski definition) is 7. The Morgan fingerprint density at radius 2 is 0.929 bits per heavy atom. The highest BCUT2D eigenvalue weighted by Gasteiger charge is 2.32. The number of aliphatic hydroxyl groups excluding tert-OH is 3. The summed E-state index contributed by atoms with van der Waals surface area (Å²) in [7, 11) is 0. The van der Waals surface area contributed by atoms with E-state index >= 15 is 0 Å². The molecule has 0 aromatic heterocycles. The number of thioether (sulfide) groups is 2. The summed E-state index contributed by atoms with van der Waals surface area (Å²) in [5.74, 6) is 1.11. The van der Waals surface area contributed by atoms with E-state index in [-0.39, 0.29) is 32.3 Å². The molecule has 0 bridgehead atoms. The summed E-state index contributed by atoms with van der Waals surface area (Å²) in [6.45, 7) is 29.5. The molecule has 0 aliphatic heterocycles. The Bertz CT molecular complexity index is 1150. The Morgan fingerprint density at radius 3 is 1.24 bits per heavy atom. The Kier molecular flexibility index (Phi) is 11.3. The third kappa shape index (κ3) is 9.56. The standard InChI is InChI=1S/C35H56O5S2/c1-31(2,3)23-15-21(16-24(29(23)39)32(4,5)6)41-35(13,14)42-22-17-25(33(7,8)9)30(26(18-22)34(10,11)12)40-20-28(38)27(37)19-36/h15-18,27-28,36-39H,19-20H2,1-14H3/t27-,28-/m0/s1. The van der Waals surface area contributed by atoms with Crippen molar-refractivity contribution in [2.24, 2.45) is 0 Å². The second-order valence-electron chi connectivity index (χ2n) is 15.9. The molecule has 0 aliphatic rings. The first-order valence-electron chi connectivity index (χ1n) is 14.8. The Labute approximate surface area is 263 Å². The molecule has 0 unspecified atom stereocenters. The zero-order valence-electron chi connectivity index (χ0n) is 28.4. The van der Waals surface area contributed by atoms with Gasteiger partial charge in [0.15, 0.2) is 0 Å². The van der Waals surface area contributed by atoms with Gasteiger partial charge in [-0.25, -0.2) is 0 Å². The van der Waals surface area contributed by atoms with E-state index in [1.54, 1.807) is 23.5 Å². The fraction of sp³-hybridized carbons (Fsp3) is 0.657. The van der Waals surface area contributed by atoms with E-state index in [0.717, 1.165) is 37.8 Å². The number of ether oxygens (including phenoxy) is 1. The van der Waals surface area contributed by atoms with Crippen molar-refractivity contribution in [2.75, 3.05) is 13.2 Å². The van der Waals surface area contributed by atoms with Gasteiger partial charge < -0.3 is 25.2 Å². The Morgan fingerprint density at radius 1 is 0.595 bits per heavy atom. The van der Waals surface area contributed by atoms with Crippen LogP contribution in [0.25, 0.3) is 0 Å². The number of aliphatic hydroxyl groups is 3. The molecule has 238 valence electrons. The van der Waals surface area contributed by atoms with Gasteiger partial charge in [0, 0.05) is 32.0 Å². The summed E-state index contributed by atoms with van der Waals surface area (Å²) in [6, 6.07) is 8.65. The molecule has 2 rings (SSSR count). The third-order valence-corrected chi connectivity index (χ3v) is 9.56. The molecular formula is C35H56O5S2. The maximum Gasteiger partial charge on any atom is 0.126 e. The zero-order chi connectivity index (χ0) is 32.6. The summed E-state index contributed by atoms with van der Waals surface area (Å²) < 4.78 is 5.99. The van der Waals surface area contributed by atoms with Gasteiger partial charge in [0.1, 0.15) is 30.3 Å². The molecule has 7 heteroatoms. The molecule has 0 spiro atoms. The maximum absolute atomic E-state index is 11.2. The molecule has 4 N–H and O–H groups in total. The number of rotatable bonds is 9. The third-order valence-electron chi connectivity index (χ3n) is 7.13. The first-order valence-corrected chi connectivity index (χ1v) is 16.5. The molecule has 0 aliphatic carbocycles. The monoisotopic (exact) mass is 620 g/mol. The van der Waals surface area contributed by atoms with E-state index in [2.05, 4.69) is 121 Å². The molecule has 0 fully saturated rings. The van der Waals surface area contributed by atoms with E-state index in [1.165, 1.54) is 0 Å². The van der Waals surface area contributed by atoms with Gasteiger partial charge in [-0.2, -0.15) is 0 Å². The predicted octanol–water partition coefficient (Wildman–Crippen LogP) is 8.30. The highest BCUT2D eigenvalue weighted by atomic mass is 32.2. The van der Waals surface area contributed by atoms with Gasteiger partial charge in [-0.05, 0) is 59.8 Å². The van der Waals surface area contributed by atoms with Crippen LogP contribution in [0.15, 0.2) is 34.1 Å². The summed E-state index contributed by atoms with van der Waals surface area (Å²) in [5.41, 5.74) is 3.08. The average molecular weight is 621 g/mol. The number of phenolic OH excluding ortho intramolecular Hbond substituents is 1. The minimum Gasteiger partial charge on any atom is -0.507 e. The number of benzene rings is 2. The lowest BCUT2D eigenvalue weighted by Gasteiger charge is -2.33. The number of hydrogen-bond donors (Lipinski definition) is 4. The minimum absolute atomic E-state index is 0.116. The van der Waals surface area contributed by atoms with Crippen molar-refractivity contribution in [1.29, 1.82) is 0 Å². The first kappa shape index (κ1) is 36.8. The van der Waals surface area contributed by atoms with Gasteiger partial charge in [-0.15, -0.1) is 23.5 Å². The van der Waals surface area contributed by atoms with Crippen LogP contribution in [0.2, 0.25) is 0 Å². The zero-order valence-corrected chi connectivity index (χ0v) is 30.0.